The highest BCUT2D eigenvalue weighted by Crippen LogP contribution is 2.24. The first kappa shape index (κ1) is 7.13. The van der Waals surface area contributed by atoms with Crippen molar-refractivity contribution >= 4 is 0 Å². The predicted molar refractivity (Wildman–Crippen MR) is 42.8 cm³/mol. The van der Waals surface area contributed by atoms with Gasteiger partial charge in [-0.2, -0.15) is 0 Å². The van der Waals surface area contributed by atoms with E-state index in [0.29, 0.717) is 5.76 Å². The van der Waals surface area contributed by atoms with Gasteiger partial charge >= 0.3 is 0 Å². The number of allylic oxidation sites excluding steroid dienone is 4. The number of rotatable bonds is 0. The van der Waals surface area contributed by atoms with Gasteiger partial charge in [0.15, 0.2) is 0 Å². The van der Waals surface area contributed by atoms with Crippen molar-refractivity contribution in [1.29, 1.82) is 0 Å². The summed E-state index contributed by atoms with van der Waals surface area (Å²) in [5, 5.41) is 9.30. The number of aliphatic hydroxyl groups is 1. The van der Waals surface area contributed by atoms with Crippen LogP contribution in [-0.2, 0) is 0 Å². The fourth-order valence-corrected chi connectivity index (χ4v) is 1.19. The van der Waals surface area contributed by atoms with Crippen LogP contribution < -0.4 is 0 Å². The molecule has 0 unspecified atom stereocenters. The Bertz CT molecular complexity index is 231. The molecule has 0 aromatic carbocycles. The van der Waals surface area contributed by atoms with Gasteiger partial charge in [0.1, 0.15) is 5.76 Å². The van der Waals surface area contributed by atoms with E-state index in [1.165, 1.54) is 5.57 Å². The molecule has 1 nitrogen and oxygen atoms in total. The fraction of sp³-hybridized carbons (Fsp3) is 0.333. The zero-order chi connectivity index (χ0) is 7.72. The quantitative estimate of drug-likeness (QED) is 0.543. The smallest absolute Gasteiger partial charge is 0.121 e. The molecule has 0 aliphatic heterocycles. The standard InChI is InChI=1S/C9H12O/c1-6-4-7(2)9(10)8(3)5-6/h5,10H,2,4H2,1,3H3. The molecular formula is C9H12O. The van der Waals surface area contributed by atoms with E-state index in [1.54, 1.807) is 0 Å². The molecule has 0 radical (unpaired) electrons. The van der Waals surface area contributed by atoms with Crippen LogP contribution in [0.2, 0.25) is 0 Å². The van der Waals surface area contributed by atoms with E-state index in [0.717, 1.165) is 17.6 Å². The van der Waals surface area contributed by atoms with Crippen molar-refractivity contribution in [3.05, 3.63) is 35.1 Å². The van der Waals surface area contributed by atoms with Gasteiger partial charge in [-0.3, -0.25) is 0 Å². The Kier molecular flexibility index (Phi) is 1.66. The lowest BCUT2D eigenvalue weighted by molar-refractivity contribution is 0.414. The topological polar surface area (TPSA) is 20.2 Å². The molecule has 0 atom stereocenters. The van der Waals surface area contributed by atoms with Gasteiger partial charge in [-0.05, 0) is 31.4 Å². The summed E-state index contributed by atoms with van der Waals surface area (Å²) in [6.45, 7) is 7.68. The van der Waals surface area contributed by atoms with Gasteiger partial charge in [0.25, 0.3) is 0 Å². The summed E-state index contributed by atoms with van der Waals surface area (Å²) in [4.78, 5) is 0. The Morgan fingerprint density at radius 1 is 1.50 bits per heavy atom. The lowest BCUT2D eigenvalue weighted by atomic mass is 9.96. The Balaban J connectivity index is 3.03. The molecular weight excluding hydrogens is 124 g/mol. The number of aliphatic hydroxyl groups excluding tert-OH is 1. The third kappa shape index (κ3) is 1.13. The minimum Gasteiger partial charge on any atom is -0.507 e. The summed E-state index contributed by atoms with van der Waals surface area (Å²) >= 11 is 0. The zero-order valence-electron chi connectivity index (χ0n) is 6.44. The second kappa shape index (κ2) is 2.33. The first-order valence-electron chi connectivity index (χ1n) is 3.36. The molecule has 0 spiro atoms. The van der Waals surface area contributed by atoms with Crippen molar-refractivity contribution in [2.45, 2.75) is 20.3 Å². The lowest BCUT2D eigenvalue weighted by Crippen LogP contribution is -1.97. The Hall–Kier alpha value is -0.980. The molecule has 0 bridgehead atoms. The van der Waals surface area contributed by atoms with Crippen LogP contribution in [0.4, 0.5) is 0 Å². The number of hydrogen-bond acceptors (Lipinski definition) is 1. The molecule has 1 rings (SSSR count). The van der Waals surface area contributed by atoms with E-state index >= 15 is 0 Å². The summed E-state index contributed by atoms with van der Waals surface area (Å²) < 4.78 is 0. The highest BCUT2D eigenvalue weighted by Gasteiger charge is 2.09. The molecule has 54 valence electrons. The summed E-state index contributed by atoms with van der Waals surface area (Å²) in [7, 11) is 0. The summed E-state index contributed by atoms with van der Waals surface area (Å²) in [5.74, 6) is 0.366. The molecule has 0 aromatic heterocycles. The molecule has 0 heterocycles. The Morgan fingerprint density at radius 2 is 2.10 bits per heavy atom. The van der Waals surface area contributed by atoms with Crippen LogP contribution in [0.1, 0.15) is 20.3 Å². The van der Waals surface area contributed by atoms with Gasteiger partial charge in [-0.25, -0.2) is 0 Å². The summed E-state index contributed by atoms with van der Waals surface area (Å²) in [6.07, 6.45) is 2.80. The van der Waals surface area contributed by atoms with E-state index in [1.807, 2.05) is 19.9 Å². The third-order valence-corrected chi connectivity index (χ3v) is 1.66. The highest BCUT2D eigenvalue weighted by atomic mass is 16.3. The molecule has 10 heavy (non-hydrogen) atoms. The van der Waals surface area contributed by atoms with Crippen molar-refractivity contribution in [2.24, 2.45) is 0 Å². The van der Waals surface area contributed by atoms with Gasteiger partial charge < -0.3 is 5.11 Å². The molecule has 0 amide bonds. The molecule has 1 N–H and O–H groups in total. The van der Waals surface area contributed by atoms with E-state index < -0.39 is 0 Å². The minimum absolute atomic E-state index is 0.366. The van der Waals surface area contributed by atoms with E-state index in [9.17, 15) is 5.11 Å². The Morgan fingerprint density at radius 3 is 2.60 bits per heavy atom. The van der Waals surface area contributed by atoms with Crippen LogP contribution in [0.25, 0.3) is 0 Å². The van der Waals surface area contributed by atoms with Gasteiger partial charge in [-0.15, -0.1) is 0 Å². The molecule has 0 fully saturated rings. The maximum Gasteiger partial charge on any atom is 0.121 e. The predicted octanol–water partition coefficient (Wildman–Crippen LogP) is 2.72. The van der Waals surface area contributed by atoms with Crippen molar-refractivity contribution < 1.29 is 5.11 Å². The molecule has 0 saturated carbocycles. The zero-order valence-corrected chi connectivity index (χ0v) is 6.44. The van der Waals surface area contributed by atoms with Crippen LogP contribution >= 0.6 is 0 Å². The van der Waals surface area contributed by atoms with Gasteiger partial charge in [0, 0.05) is 0 Å². The maximum absolute atomic E-state index is 9.30. The fourth-order valence-electron chi connectivity index (χ4n) is 1.19. The van der Waals surface area contributed by atoms with E-state index in [-0.39, 0.29) is 0 Å². The first-order chi connectivity index (χ1) is 4.61. The SMILES string of the molecule is C=C1CC(C)=CC(C)=C1O. The van der Waals surface area contributed by atoms with Crippen molar-refractivity contribution in [3.8, 4) is 0 Å². The van der Waals surface area contributed by atoms with Gasteiger partial charge in [-0.1, -0.05) is 18.2 Å². The average Bonchev–Trinajstić information content (AvgIpc) is 1.82. The van der Waals surface area contributed by atoms with Crippen LogP contribution in [0, 0.1) is 0 Å². The van der Waals surface area contributed by atoms with Crippen molar-refractivity contribution in [1.82, 2.24) is 0 Å². The normalized spacial score (nSPS) is 19.4. The molecule has 0 aromatic rings. The monoisotopic (exact) mass is 136 g/mol. The number of hydrogen-bond donors (Lipinski definition) is 1. The molecule has 1 aliphatic rings. The largest absolute Gasteiger partial charge is 0.507 e. The second-order valence-electron chi connectivity index (χ2n) is 2.80. The lowest BCUT2D eigenvalue weighted by Gasteiger charge is -2.13. The van der Waals surface area contributed by atoms with Gasteiger partial charge in [0.2, 0.25) is 0 Å². The van der Waals surface area contributed by atoms with Crippen LogP contribution in [-0.4, -0.2) is 5.11 Å². The van der Waals surface area contributed by atoms with Crippen molar-refractivity contribution in [2.75, 3.05) is 0 Å². The second-order valence-corrected chi connectivity index (χ2v) is 2.80. The van der Waals surface area contributed by atoms with Crippen LogP contribution in [0.5, 0.6) is 0 Å². The summed E-state index contributed by atoms with van der Waals surface area (Å²) in [6, 6.07) is 0. The van der Waals surface area contributed by atoms with Gasteiger partial charge in [0.05, 0.1) is 0 Å². The highest BCUT2D eigenvalue weighted by molar-refractivity contribution is 5.41. The third-order valence-electron chi connectivity index (χ3n) is 1.66. The van der Waals surface area contributed by atoms with Crippen molar-refractivity contribution in [3.63, 3.8) is 0 Å². The molecule has 0 saturated heterocycles. The Labute approximate surface area is 61.4 Å². The van der Waals surface area contributed by atoms with E-state index in [2.05, 4.69) is 6.58 Å². The van der Waals surface area contributed by atoms with Crippen LogP contribution in [0.15, 0.2) is 35.1 Å². The maximum atomic E-state index is 9.30. The summed E-state index contributed by atoms with van der Waals surface area (Å²) in [5.41, 5.74) is 3.02. The van der Waals surface area contributed by atoms with E-state index in [4.69, 9.17) is 0 Å². The minimum atomic E-state index is 0.366. The molecule has 1 heteroatoms. The van der Waals surface area contributed by atoms with Crippen LogP contribution in [0.3, 0.4) is 0 Å². The average molecular weight is 136 g/mol. The molecule has 1 aliphatic carbocycles. The first-order valence-corrected chi connectivity index (χ1v) is 3.36.